The van der Waals surface area contributed by atoms with E-state index in [0.29, 0.717) is 35.1 Å². The quantitative estimate of drug-likeness (QED) is 0.192. The second kappa shape index (κ2) is 12.8. The lowest BCUT2D eigenvalue weighted by Gasteiger charge is -2.14. The summed E-state index contributed by atoms with van der Waals surface area (Å²) in [6, 6.07) is 32.2. The molecule has 0 aliphatic carbocycles. The predicted molar refractivity (Wildman–Crippen MR) is 148 cm³/mol. The van der Waals surface area contributed by atoms with E-state index in [1.165, 1.54) is 6.08 Å². The van der Waals surface area contributed by atoms with Gasteiger partial charge in [-0.2, -0.15) is 5.26 Å². The fourth-order valence-corrected chi connectivity index (χ4v) is 3.76. The molecule has 0 saturated heterocycles. The molecule has 0 aliphatic rings. The lowest BCUT2D eigenvalue weighted by atomic mass is 10.1. The Kier molecular flexibility index (Phi) is 8.77. The molecule has 4 aromatic carbocycles. The van der Waals surface area contributed by atoms with Gasteiger partial charge in [0.1, 0.15) is 30.6 Å². The summed E-state index contributed by atoms with van der Waals surface area (Å²) in [4.78, 5) is 12.8. The van der Waals surface area contributed by atoms with Gasteiger partial charge in [0.05, 0.1) is 7.11 Å². The Morgan fingerprint density at radius 3 is 2.26 bits per heavy atom. The second-order valence-corrected chi connectivity index (χ2v) is 8.52. The molecule has 0 radical (unpaired) electrons. The van der Waals surface area contributed by atoms with Gasteiger partial charge < -0.3 is 19.5 Å². The van der Waals surface area contributed by atoms with Crippen molar-refractivity contribution in [2.75, 3.05) is 12.4 Å². The number of aryl methyl sites for hydroxylation is 1. The van der Waals surface area contributed by atoms with Crippen LogP contribution in [0.3, 0.4) is 0 Å². The average Bonchev–Trinajstić information content (AvgIpc) is 2.96. The van der Waals surface area contributed by atoms with Crippen LogP contribution in [0.25, 0.3) is 6.08 Å². The lowest BCUT2D eigenvalue weighted by molar-refractivity contribution is -0.112. The lowest BCUT2D eigenvalue weighted by Crippen LogP contribution is -2.14. The summed E-state index contributed by atoms with van der Waals surface area (Å²) in [5.74, 6) is 1.32. The summed E-state index contributed by atoms with van der Waals surface area (Å²) in [5.41, 5.74) is 4.12. The molecule has 6 nitrogen and oxygen atoms in total. The molecule has 0 spiro atoms. The fourth-order valence-electron chi connectivity index (χ4n) is 3.76. The van der Waals surface area contributed by atoms with E-state index >= 15 is 0 Å². The van der Waals surface area contributed by atoms with E-state index < -0.39 is 5.91 Å². The number of benzene rings is 4. The van der Waals surface area contributed by atoms with Gasteiger partial charge in [-0.1, -0.05) is 72.8 Å². The molecule has 38 heavy (non-hydrogen) atoms. The molecule has 0 heterocycles. The number of anilines is 1. The summed E-state index contributed by atoms with van der Waals surface area (Å²) in [6.07, 6.45) is 1.53. The summed E-state index contributed by atoms with van der Waals surface area (Å²) in [6.45, 7) is 2.59. The number of carbonyl (C=O) groups is 1. The minimum absolute atomic E-state index is 0.0223. The Labute approximate surface area is 222 Å². The van der Waals surface area contributed by atoms with Gasteiger partial charge in [0.25, 0.3) is 5.91 Å². The Morgan fingerprint density at radius 1 is 0.816 bits per heavy atom. The van der Waals surface area contributed by atoms with Crippen molar-refractivity contribution in [3.63, 3.8) is 0 Å². The molecule has 0 unspecified atom stereocenters. The summed E-state index contributed by atoms with van der Waals surface area (Å²) >= 11 is 0. The predicted octanol–water partition coefficient (Wildman–Crippen LogP) is 6.71. The molecule has 0 aromatic heterocycles. The van der Waals surface area contributed by atoms with Crippen LogP contribution in [0.15, 0.2) is 103 Å². The molecule has 0 bridgehead atoms. The van der Waals surface area contributed by atoms with E-state index in [9.17, 15) is 10.1 Å². The number of nitrogens with one attached hydrogen (secondary N) is 1. The standard InChI is InChI=1S/C32H28N2O4/c1-23-10-6-8-14-28(23)34-32(35)27(20-33)19-26-13-7-9-15-29(26)37-22-25-16-17-30(31(18-25)36-2)38-21-24-11-4-3-5-12-24/h3-19H,21-22H2,1-2H3,(H,34,35)/b27-19-. The molecule has 6 heteroatoms. The zero-order valence-corrected chi connectivity index (χ0v) is 21.3. The molecular weight excluding hydrogens is 476 g/mol. The number of hydrogen-bond donors (Lipinski definition) is 1. The van der Waals surface area contributed by atoms with Crippen molar-refractivity contribution in [3.8, 4) is 23.3 Å². The first kappa shape index (κ1) is 26.1. The van der Waals surface area contributed by atoms with Crippen LogP contribution in [-0.4, -0.2) is 13.0 Å². The number of para-hydroxylation sites is 2. The fraction of sp³-hybridized carbons (Fsp3) is 0.125. The molecule has 1 N–H and O–H groups in total. The van der Waals surface area contributed by atoms with Gasteiger partial charge in [0.15, 0.2) is 11.5 Å². The van der Waals surface area contributed by atoms with Crippen molar-refractivity contribution in [3.05, 3.63) is 125 Å². The molecule has 4 rings (SSSR count). The molecule has 0 aliphatic heterocycles. The van der Waals surface area contributed by atoms with Gasteiger partial charge in [-0.3, -0.25) is 4.79 Å². The van der Waals surface area contributed by atoms with Gasteiger partial charge in [-0.15, -0.1) is 0 Å². The van der Waals surface area contributed by atoms with Crippen LogP contribution in [0.5, 0.6) is 17.2 Å². The highest BCUT2D eigenvalue weighted by atomic mass is 16.5. The van der Waals surface area contributed by atoms with Crippen LogP contribution >= 0.6 is 0 Å². The monoisotopic (exact) mass is 504 g/mol. The van der Waals surface area contributed by atoms with Crippen molar-refractivity contribution in [2.45, 2.75) is 20.1 Å². The van der Waals surface area contributed by atoms with Crippen molar-refractivity contribution in [1.29, 1.82) is 5.26 Å². The molecule has 0 saturated carbocycles. The first-order valence-corrected chi connectivity index (χ1v) is 12.1. The second-order valence-electron chi connectivity index (χ2n) is 8.52. The Bertz CT molecular complexity index is 1470. The van der Waals surface area contributed by atoms with Crippen LogP contribution in [0.1, 0.15) is 22.3 Å². The summed E-state index contributed by atoms with van der Waals surface area (Å²) in [7, 11) is 1.60. The van der Waals surface area contributed by atoms with Crippen LogP contribution in [-0.2, 0) is 18.0 Å². The van der Waals surface area contributed by atoms with Crippen molar-refractivity contribution >= 4 is 17.7 Å². The van der Waals surface area contributed by atoms with Crippen molar-refractivity contribution in [1.82, 2.24) is 0 Å². The molecular formula is C32H28N2O4. The van der Waals surface area contributed by atoms with E-state index in [1.54, 1.807) is 25.3 Å². The summed E-state index contributed by atoms with van der Waals surface area (Å²) < 4.78 is 17.5. The maximum atomic E-state index is 12.8. The SMILES string of the molecule is COc1cc(COc2ccccc2/C=C(/C#N)C(=O)Nc2ccccc2C)ccc1OCc1ccccc1. The van der Waals surface area contributed by atoms with Gasteiger partial charge in [0.2, 0.25) is 0 Å². The number of amides is 1. The average molecular weight is 505 g/mol. The third-order valence-corrected chi connectivity index (χ3v) is 5.84. The number of rotatable bonds is 10. The van der Waals surface area contributed by atoms with Gasteiger partial charge in [-0.05, 0) is 54.0 Å². The number of nitriles is 1. The largest absolute Gasteiger partial charge is 0.493 e. The minimum Gasteiger partial charge on any atom is -0.493 e. The minimum atomic E-state index is -0.479. The van der Waals surface area contributed by atoms with E-state index in [1.807, 2.05) is 91.9 Å². The molecule has 1 amide bonds. The topological polar surface area (TPSA) is 80.6 Å². The third kappa shape index (κ3) is 6.80. The zero-order chi connectivity index (χ0) is 26.7. The van der Waals surface area contributed by atoms with Crippen LogP contribution in [0, 0.1) is 18.3 Å². The number of ether oxygens (including phenoxy) is 3. The van der Waals surface area contributed by atoms with Gasteiger partial charge in [0, 0.05) is 11.3 Å². The molecule has 0 fully saturated rings. The van der Waals surface area contributed by atoms with Crippen LogP contribution < -0.4 is 19.5 Å². The molecule has 190 valence electrons. The summed E-state index contributed by atoms with van der Waals surface area (Å²) in [5, 5.41) is 12.5. The highest BCUT2D eigenvalue weighted by Gasteiger charge is 2.13. The van der Waals surface area contributed by atoms with Gasteiger partial charge in [-0.25, -0.2) is 0 Å². The first-order chi connectivity index (χ1) is 18.6. The Hall–Kier alpha value is -5.02. The highest BCUT2D eigenvalue weighted by Crippen LogP contribution is 2.30. The normalized spacial score (nSPS) is 10.8. The van der Waals surface area contributed by atoms with E-state index in [2.05, 4.69) is 5.32 Å². The van der Waals surface area contributed by atoms with E-state index in [4.69, 9.17) is 14.2 Å². The maximum Gasteiger partial charge on any atom is 0.266 e. The van der Waals surface area contributed by atoms with E-state index in [-0.39, 0.29) is 12.2 Å². The Morgan fingerprint density at radius 2 is 1.50 bits per heavy atom. The zero-order valence-electron chi connectivity index (χ0n) is 21.3. The maximum absolute atomic E-state index is 12.8. The molecule has 0 atom stereocenters. The number of carbonyl (C=O) groups excluding carboxylic acids is 1. The number of methoxy groups -OCH3 is 1. The van der Waals surface area contributed by atoms with Crippen molar-refractivity contribution in [2.24, 2.45) is 0 Å². The molecule has 4 aromatic rings. The number of hydrogen-bond acceptors (Lipinski definition) is 5. The third-order valence-electron chi connectivity index (χ3n) is 5.84. The van der Waals surface area contributed by atoms with Crippen molar-refractivity contribution < 1.29 is 19.0 Å². The van der Waals surface area contributed by atoms with Crippen LogP contribution in [0.2, 0.25) is 0 Å². The Balaban J connectivity index is 1.45. The van der Waals surface area contributed by atoms with Crippen LogP contribution in [0.4, 0.5) is 5.69 Å². The smallest absolute Gasteiger partial charge is 0.266 e. The highest BCUT2D eigenvalue weighted by molar-refractivity contribution is 6.10. The number of nitrogens with zero attached hydrogens (tertiary/aromatic N) is 1. The van der Waals surface area contributed by atoms with E-state index in [0.717, 1.165) is 16.7 Å². The first-order valence-electron chi connectivity index (χ1n) is 12.1. The van der Waals surface area contributed by atoms with Gasteiger partial charge >= 0.3 is 0 Å².